The molecule has 0 amide bonds. The van der Waals surface area contributed by atoms with Gasteiger partial charge in [0.2, 0.25) is 0 Å². The van der Waals surface area contributed by atoms with E-state index in [-0.39, 0.29) is 0 Å². The molecule has 2 heteroatoms. The lowest BCUT2D eigenvalue weighted by Crippen LogP contribution is -1.98. The number of allylic oxidation sites excluding steroid dienone is 1. The van der Waals surface area contributed by atoms with Gasteiger partial charge in [0.05, 0.1) is 0 Å². The molecule has 0 aromatic rings. The predicted octanol–water partition coefficient (Wildman–Crippen LogP) is 1.29. The van der Waals surface area contributed by atoms with E-state index in [2.05, 4.69) is 10.6 Å². The molecule has 0 aliphatic carbocycles. The van der Waals surface area contributed by atoms with E-state index in [0.717, 1.165) is 13.0 Å². The Labute approximate surface area is 60.7 Å². The maximum atomic E-state index is 5.29. The number of alkyl halides is 1. The third-order valence-corrected chi connectivity index (χ3v) is 2.96. The van der Waals surface area contributed by atoms with E-state index >= 15 is 0 Å². The second-order valence-electron chi connectivity index (χ2n) is 1.31. The lowest BCUT2D eigenvalue weighted by atomic mass is 10.5. The molecule has 0 radical (unpaired) electrons. The fourth-order valence-electron chi connectivity index (χ4n) is 0.266. The van der Waals surface area contributed by atoms with Crippen molar-refractivity contribution in [2.24, 2.45) is 5.73 Å². The Balaban J connectivity index is 2.94. The van der Waals surface area contributed by atoms with Crippen molar-refractivity contribution in [3.05, 3.63) is 12.7 Å². The van der Waals surface area contributed by atoms with Crippen molar-refractivity contribution >= 4 is 24.7 Å². The van der Waals surface area contributed by atoms with E-state index in [4.69, 9.17) is 5.73 Å². The molecule has 0 rings (SSSR count). The zero-order valence-electron chi connectivity index (χ0n) is 4.94. The zero-order chi connectivity index (χ0) is 6.24. The first-order chi connectivity index (χ1) is 3.91. The molecule has 0 spiro atoms. The van der Waals surface area contributed by atoms with Crippen molar-refractivity contribution in [3.8, 4) is 0 Å². The van der Waals surface area contributed by atoms with Crippen molar-refractivity contribution in [3.63, 3.8) is 0 Å². The van der Waals surface area contributed by atoms with Crippen LogP contribution in [-0.2, 0) is 0 Å². The van der Waals surface area contributed by atoms with Gasteiger partial charge in [0.15, 0.2) is 0 Å². The lowest BCUT2D eigenvalue weighted by molar-refractivity contribution is 1.17. The summed E-state index contributed by atoms with van der Waals surface area (Å²) in [6.45, 7) is 4.46. The van der Waals surface area contributed by atoms with E-state index in [1.54, 1.807) is 0 Å². The molecule has 1 nitrogen and oxygen atoms in total. The van der Waals surface area contributed by atoms with Gasteiger partial charge in [-0.15, -0.1) is 27.3 Å². The molecular weight excluding hydrogens is 213 g/mol. The Morgan fingerprint density at radius 2 is 2.38 bits per heavy atom. The fraction of sp³-hybridized carbons (Fsp3) is 0.500. The molecule has 0 aromatic carbocycles. The van der Waals surface area contributed by atoms with Gasteiger partial charge in [0, 0.05) is 11.0 Å². The van der Waals surface area contributed by atoms with Crippen LogP contribution in [0.4, 0.5) is 0 Å². The molecule has 0 heterocycles. The molecule has 48 valence electrons. The fourth-order valence-corrected chi connectivity index (χ4v) is 1.79. The van der Waals surface area contributed by atoms with Gasteiger partial charge in [0.1, 0.15) is 0 Å². The van der Waals surface area contributed by atoms with Crippen molar-refractivity contribution in [1.82, 2.24) is 0 Å². The van der Waals surface area contributed by atoms with Crippen molar-refractivity contribution in [2.45, 2.75) is 6.42 Å². The van der Waals surface area contributed by atoms with Crippen molar-refractivity contribution < 1.29 is 0 Å². The van der Waals surface area contributed by atoms with Crippen LogP contribution in [0.15, 0.2) is 12.7 Å². The Bertz CT molecular complexity index is 78.6. The molecule has 0 atom stereocenters. The largest absolute Gasteiger partial charge is 0.330 e. The SMILES string of the molecule is C=CCC=ICCN. The van der Waals surface area contributed by atoms with Crippen LogP contribution in [0, 0.1) is 0 Å². The summed E-state index contributed by atoms with van der Waals surface area (Å²) in [7, 11) is 0. The Kier molecular flexibility index (Phi) is 7.57. The van der Waals surface area contributed by atoms with Gasteiger partial charge in [-0.3, -0.25) is 0 Å². The maximum absolute atomic E-state index is 5.29. The maximum Gasteiger partial charge on any atom is 0.00682 e. The predicted molar refractivity (Wildman–Crippen MR) is 48.8 cm³/mol. The average molecular weight is 225 g/mol. The summed E-state index contributed by atoms with van der Waals surface area (Å²) >= 11 is 0.297. The summed E-state index contributed by atoms with van der Waals surface area (Å²) in [6.07, 6.45) is 2.99. The smallest absolute Gasteiger partial charge is 0.00682 e. The van der Waals surface area contributed by atoms with E-state index < -0.39 is 0 Å². The normalized spacial score (nSPS) is 11.1. The minimum absolute atomic E-state index is 0.297. The van der Waals surface area contributed by atoms with E-state index in [9.17, 15) is 0 Å². The molecule has 0 aliphatic heterocycles. The molecule has 8 heavy (non-hydrogen) atoms. The third-order valence-electron chi connectivity index (χ3n) is 0.583. The van der Waals surface area contributed by atoms with E-state index in [1.807, 2.05) is 6.08 Å². The second kappa shape index (κ2) is 7.30. The van der Waals surface area contributed by atoms with Crippen LogP contribution in [-0.4, -0.2) is 15.0 Å². The summed E-state index contributed by atoms with van der Waals surface area (Å²) in [6, 6.07) is 0. The van der Waals surface area contributed by atoms with E-state index in [1.165, 1.54) is 4.43 Å². The first-order valence-corrected chi connectivity index (χ1v) is 5.39. The first-order valence-electron chi connectivity index (χ1n) is 2.62. The molecule has 0 unspecified atom stereocenters. The molecule has 0 aromatic heterocycles. The number of halogens is 1. The number of rotatable bonds is 4. The quantitative estimate of drug-likeness (QED) is 0.435. The summed E-state index contributed by atoms with van der Waals surface area (Å²) in [5.74, 6) is 0. The highest BCUT2D eigenvalue weighted by atomic mass is 127. The van der Waals surface area contributed by atoms with Crippen LogP contribution in [0.25, 0.3) is 0 Å². The Hall–Kier alpha value is 0.300. The number of hydrogen-bond acceptors (Lipinski definition) is 1. The van der Waals surface area contributed by atoms with Gasteiger partial charge >= 0.3 is 0 Å². The highest BCUT2D eigenvalue weighted by Gasteiger charge is 1.70. The molecule has 0 saturated heterocycles. The molecule has 0 aliphatic rings. The van der Waals surface area contributed by atoms with Gasteiger partial charge in [-0.1, -0.05) is 10.1 Å². The highest BCUT2D eigenvalue weighted by Crippen LogP contribution is 1.92. The number of nitrogens with two attached hydrogens (primary N) is 1. The lowest BCUT2D eigenvalue weighted by Gasteiger charge is -1.80. The number of hydrogen-bond donors (Lipinski definition) is 1. The van der Waals surface area contributed by atoms with Crippen LogP contribution < -0.4 is 5.73 Å². The molecule has 0 saturated carbocycles. The van der Waals surface area contributed by atoms with Crippen LogP contribution in [0.3, 0.4) is 0 Å². The van der Waals surface area contributed by atoms with Crippen molar-refractivity contribution in [1.29, 1.82) is 0 Å². The van der Waals surface area contributed by atoms with Crippen LogP contribution >= 0.6 is 20.7 Å². The molecule has 2 N–H and O–H groups in total. The minimum Gasteiger partial charge on any atom is -0.330 e. The van der Waals surface area contributed by atoms with Gasteiger partial charge in [-0.05, 0) is 6.42 Å². The average Bonchev–Trinajstić information content (AvgIpc) is 1.81. The zero-order valence-corrected chi connectivity index (χ0v) is 7.10. The summed E-state index contributed by atoms with van der Waals surface area (Å²) in [4.78, 5) is 0. The third kappa shape index (κ3) is 6.30. The molecule has 0 bridgehead atoms. The van der Waals surface area contributed by atoms with Gasteiger partial charge < -0.3 is 5.73 Å². The summed E-state index contributed by atoms with van der Waals surface area (Å²) in [5.41, 5.74) is 5.29. The summed E-state index contributed by atoms with van der Waals surface area (Å²) in [5, 5.41) is 0. The van der Waals surface area contributed by atoms with Gasteiger partial charge in [0.25, 0.3) is 0 Å². The van der Waals surface area contributed by atoms with Gasteiger partial charge in [-0.25, -0.2) is 0 Å². The topological polar surface area (TPSA) is 26.0 Å². The molecular formula is C6H12IN. The van der Waals surface area contributed by atoms with Gasteiger partial charge in [-0.2, -0.15) is 0 Å². The van der Waals surface area contributed by atoms with E-state index in [0.29, 0.717) is 20.7 Å². The Morgan fingerprint density at radius 3 is 2.88 bits per heavy atom. The summed E-state index contributed by atoms with van der Waals surface area (Å²) < 4.78 is 3.52. The highest BCUT2D eigenvalue weighted by molar-refractivity contribution is 14.2. The van der Waals surface area contributed by atoms with Crippen LogP contribution in [0.1, 0.15) is 6.42 Å². The van der Waals surface area contributed by atoms with Crippen LogP contribution in [0.5, 0.6) is 0 Å². The Morgan fingerprint density at radius 1 is 1.62 bits per heavy atom. The molecule has 0 fully saturated rings. The van der Waals surface area contributed by atoms with Crippen LogP contribution in [0.2, 0.25) is 0 Å². The monoisotopic (exact) mass is 225 g/mol. The minimum atomic E-state index is 0.297. The second-order valence-corrected chi connectivity index (χ2v) is 4.15. The standard InChI is InChI=1S/C6H12IN/c1-2-3-4-7-5-6-8/h2,4H,1,3,5-6,8H2. The first kappa shape index (κ1) is 8.30. The van der Waals surface area contributed by atoms with Crippen molar-refractivity contribution in [2.75, 3.05) is 11.0 Å².